The Morgan fingerprint density at radius 3 is 2.80 bits per heavy atom. The highest BCUT2D eigenvalue weighted by atomic mass is 127. The molecule has 0 aromatic heterocycles. The largest absolute Gasteiger partial charge is 0.371 e. The minimum absolute atomic E-state index is 0.160. The minimum Gasteiger partial charge on any atom is -0.371 e. The van der Waals surface area contributed by atoms with E-state index in [1.54, 1.807) is 0 Å². The smallest absolute Gasteiger partial charge is 0.182 e. The molecule has 2 rings (SSSR count). The van der Waals surface area contributed by atoms with E-state index in [-0.39, 0.29) is 10.4 Å². The van der Waals surface area contributed by atoms with Crippen LogP contribution >= 0.6 is 22.6 Å². The van der Waals surface area contributed by atoms with Crippen molar-refractivity contribution in [2.75, 3.05) is 13.2 Å². The average Bonchev–Trinajstić information content (AvgIpc) is 2.66. The van der Waals surface area contributed by atoms with Gasteiger partial charge in [0.2, 0.25) is 0 Å². The first-order chi connectivity index (χ1) is 7.34. The van der Waals surface area contributed by atoms with Crippen LogP contribution in [0.2, 0.25) is 0 Å². The van der Waals surface area contributed by atoms with Crippen LogP contribution in [-0.4, -0.2) is 23.6 Å². The second kappa shape index (κ2) is 5.79. The van der Waals surface area contributed by atoms with Crippen molar-refractivity contribution in [1.82, 2.24) is 0 Å². The van der Waals surface area contributed by atoms with Crippen LogP contribution in [0.3, 0.4) is 0 Å². The van der Waals surface area contributed by atoms with Gasteiger partial charge in [-0.2, -0.15) is 0 Å². The standard InChI is InChI=1S/C11H13IO3/c12-10-7-14-11(15-10)8-13-6-9-4-2-1-3-5-9/h1-5,10-11H,6-8H2. The molecule has 1 heterocycles. The molecule has 0 aliphatic carbocycles. The van der Waals surface area contributed by atoms with E-state index < -0.39 is 0 Å². The molecule has 3 nitrogen and oxygen atoms in total. The molecule has 0 saturated carbocycles. The molecule has 0 radical (unpaired) electrons. The van der Waals surface area contributed by atoms with E-state index in [2.05, 4.69) is 22.6 Å². The van der Waals surface area contributed by atoms with E-state index >= 15 is 0 Å². The number of alkyl halides is 1. The Morgan fingerprint density at radius 2 is 2.13 bits per heavy atom. The van der Waals surface area contributed by atoms with E-state index in [1.807, 2.05) is 30.3 Å². The third-order valence-corrected chi connectivity index (χ3v) is 2.73. The summed E-state index contributed by atoms with van der Waals surface area (Å²) in [6.07, 6.45) is -0.199. The second-order valence-corrected chi connectivity index (χ2v) is 4.70. The van der Waals surface area contributed by atoms with Crippen molar-refractivity contribution in [1.29, 1.82) is 0 Å². The Kier molecular flexibility index (Phi) is 4.37. The fourth-order valence-electron chi connectivity index (χ4n) is 1.36. The molecule has 1 aromatic carbocycles. The van der Waals surface area contributed by atoms with Gasteiger partial charge in [0.1, 0.15) is 4.11 Å². The highest BCUT2D eigenvalue weighted by molar-refractivity contribution is 14.1. The molecule has 2 unspecified atom stereocenters. The van der Waals surface area contributed by atoms with Crippen LogP contribution in [-0.2, 0) is 20.8 Å². The van der Waals surface area contributed by atoms with E-state index in [0.29, 0.717) is 19.8 Å². The third-order valence-electron chi connectivity index (χ3n) is 2.08. The monoisotopic (exact) mass is 320 g/mol. The summed E-state index contributed by atoms with van der Waals surface area (Å²) in [5.41, 5.74) is 1.17. The summed E-state index contributed by atoms with van der Waals surface area (Å²) in [6, 6.07) is 10.1. The molecule has 1 saturated heterocycles. The minimum atomic E-state index is -0.199. The molecule has 15 heavy (non-hydrogen) atoms. The Morgan fingerprint density at radius 1 is 1.33 bits per heavy atom. The third kappa shape index (κ3) is 3.71. The predicted molar refractivity (Wildman–Crippen MR) is 64.7 cm³/mol. The molecule has 1 aromatic rings. The lowest BCUT2D eigenvalue weighted by atomic mass is 10.2. The van der Waals surface area contributed by atoms with Gasteiger partial charge in [0, 0.05) is 0 Å². The Labute approximate surface area is 103 Å². The lowest BCUT2D eigenvalue weighted by Gasteiger charge is -2.09. The van der Waals surface area contributed by atoms with Gasteiger partial charge in [-0.15, -0.1) is 0 Å². The maximum absolute atomic E-state index is 5.50. The second-order valence-electron chi connectivity index (χ2n) is 3.31. The lowest BCUT2D eigenvalue weighted by molar-refractivity contribution is -0.0990. The summed E-state index contributed by atoms with van der Waals surface area (Å²) in [4.78, 5) is 0. The topological polar surface area (TPSA) is 27.7 Å². The first-order valence-corrected chi connectivity index (χ1v) is 6.12. The van der Waals surface area contributed by atoms with Gasteiger partial charge in [0.25, 0.3) is 0 Å². The molecule has 0 bridgehead atoms. The summed E-state index contributed by atoms with van der Waals surface area (Å²) < 4.78 is 16.4. The molecule has 2 atom stereocenters. The number of rotatable bonds is 4. The molecular formula is C11H13IO3. The van der Waals surface area contributed by atoms with Gasteiger partial charge < -0.3 is 14.2 Å². The van der Waals surface area contributed by atoms with Crippen molar-refractivity contribution in [2.24, 2.45) is 0 Å². The quantitative estimate of drug-likeness (QED) is 0.630. The van der Waals surface area contributed by atoms with E-state index in [0.717, 1.165) is 0 Å². The van der Waals surface area contributed by atoms with Gasteiger partial charge in [-0.05, 0) is 28.2 Å². The molecule has 1 fully saturated rings. The summed E-state index contributed by atoms with van der Waals surface area (Å²) in [5, 5.41) is 0. The molecule has 1 aliphatic heterocycles. The van der Waals surface area contributed by atoms with Crippen molar-refractivity contribution >= 4 is 22.6 Å². The van der Waals surface area contributed by atoms with Crippen molar-refractivity contribution in [2.45, 2.75) is 17.0 Å². The zero-order chi connectivity index (χ0) is 10.5. The zero-order valence-corrected chi connectivity index (χ0v) is 10.4. The number of benzene rings is 1. The summed E-state index contributed by atoms with van der Waals surface area (Å²) >= 11 is 2.21. The molecule has 0 spiro atoms. The average molecular weight is 320 g/mol. The zero-order valence-electron chi connectivity index (χ0n) is 8.27. The van der Waals surface area contributed by atoms with Crippen molar-refractivity contribution < 1.29 is 14.2 Å². The van der Waals surface area contributed by atoms with Gasteiger partial charge in [-0.25, -0.2) is 0 Å². The summed E-state index contributed by atoms with van der Waals surface area (Å²) in [6.45, 7) is 1.75. The first-order valence-electron chi connectivity index (χ1n) is 4.87. The van der Waals surface area contributed by atoms with E-state index in [1.165, 1.54) is 5.56 Å². The van der Waals surface area contributed by atoms with Crippen LogP contribution in [0.15, 0.2) is 30.3 Å². The molecule has 1 aliphatic rings. The van der Waals surface area contributed by atoms with Crippen LogP contribution in [0.1, 0.15) is 5.56 Å². The maximum Gasteiger partial charge on any atom is 0.182 e. The number of halogens is 1. The van der Waals surface area contributed by atoms with Crippen LogP contribution in [0.4, 0.5) is 0 Å². The Hall–Kier alpha value is -0.170. The molecule has 0 amide bonds. The van der Waals surface area contributed by atoms with Crippen molar-refractivity contribution in [3.63, 3.8) is 0 Å². The highest BCUT2D eigenvalue weighted by Gasteiger charge is 2.23. The van der Waals surface area contributed by atoms with Crippen molar-refractivity contribution in [3.8, 4) is 0 Å². The Bertz CT molecular complexity index is 291. The highest BCUT2D eigenvalue weighted by Crippen LogP contribution is 2.17. The molecule has 82 valence electrons. The molecule has 0 N–H and O–H groups in total. The van der Waals surface area contributed by atoms with E-state index in [9.17, 15) is 0 Å². The number of hydrogen-bond donors (Lipinski definition) is 0. The van der Waals surface area contributed by atoms with Gasteiger partial charge in [0.05, 0.1) is 19.8 Å². The van der Waals surface area contributed by atoms with Crippen LogP contribution < -0.4 is 0 Å². The molecule has 4 heteroatoms. The van der Waals surface area contributed by atoms with Crippen LogP contribution in [0.25, 0.3) is 0 Å². The van der Waals surface area contributed by atoms with Gasteiger partial charge in [0.15, 0.2) is 6.29 Å². The summed E-state index contributed by atoms with van der Waals surface area (Å²) in [7, 11) is 0. The Balaban J connectivity index is 1.67. The fraction of sp³-hybridized carbons (Fsp3) is 0.455. The van der Waals surface area contributed by atoms with Gasteiger partial charge in [-0.1, -0.05) is 30.3 Å². The normalized spacial score (nSPS) is 25.7. The van der Waals surface area contributed by atoms with Crippen LogP contribution in [0.5, 0.6) is 0 Å². The SMILES string of the molecule is IC1COC(COCc2ccccc2)O1. The first kappa shape index (κ1) is 11.3. The lowest BCUT2D eigenvalue weighted by Crippen LogP contribution is -2.16. The van der Waals surface area contributed by atoms with E-state index in [4.69, 9.17) is 14.2 Å². The molecular weight excluding hydrogens is 307 g/mol. The fourth-order valence-corrected chi connectivity index (χ4v) is 1.90. The maximum atomic E-state index is 5.50. The van der Waals surface area contributed by atoms with Gasteiger partial charge >= 0.3 is 0 Å². The predicted octanol–water partition coefficient (Wildman–Crippen LogP) is 2.34. The number of ether oxygens (including phenoxy) is 3. The van der Waals surface area contributed by atoms with Gasteiger partial charge in [-0.3, -0.25) is 0 Å². The summed E-state index contributed by atoms with van der Waals surface area (Å²) in [5.74, 6) is 0. The van der Waals surface area contributed by atoms with Crippen molar-refractivity contribution in [3.05, 3.63) is 35.9 Å². The van der Waals surface area contributed by atoms with Crippen LogP contribution in [0, 0.1) is 0 Å². The number of hydrogen-bond acceptors (Lipinski definition) is 3.